The van der Waals surface area contributed by atoms with Gasteiger partial charge in [0.2, 0.25) is 10.0 Å². The zero-order valence-electron chi connectivity index (χ0n) is 15.4. The van der Waals surface area contributed by atoms with Crippen LogP contribution in [-0.4, -0.2) is 28.4 Å². The summed E-state index contributed by atoms with van der Waals surface area (Å²) in [5, 5.41) is 0. The Hall–Kier alpha value is -1.69. The minimum atomic E-state index is -3.45. The first kappa shape index (κ1) is 19.6. The zero-order valence-corrected chi connectivity index (χ0v) is 16.2. The number of methoxy groups -OCH3 is 2. The van der Waals surface area contributed by atoms with Gasteiger partial charge in [0, 0.05) is 0 Å². The van der Waals surface area contributed by atoms with Crippen LogP contribution in [0.3, 0.4) is 0 Å². The first-order valence-corrected chi connectivity index (χ1v) is 10.5. The van der Waals surface area contributed by atoms with E-state index in [0.717, 1.165) is 37.7 Å². The average Bonchev–Trinajstić information content (AvgIpc) is 2.60. The maximum atomic E-state index is 12.6. The highest BCUT2D eigenvalue weighted by Gasteiger charge is 2.24. The van der Waals surface area contributed by atoms with E-state index in [2.05, 4.69) is 11.3 Å². The summed E-state index contributed by atoms with van der Waals surface area (Å²) in [4.78, 5) is 0. The van der Waals surface area contributed by atoms with Gasteiger partial charge in [0.15, 0.2) is 0 Å². The minimum absolute atomic E-state index is 0.143. The molecule has 0 amide bonds. The molecule has 0 bridgehead atoms. The lowest BCUT2D eigenvalue weighted by Gasteiger charge is -2.23. The van der Waals surface area contributed by atoms with Crippen molar-refractivity contribution in [2.45, 2.75) is 45.4 Å². The monoisotopic (exact) mass is 367 g/mol. The molecule has 0 spiro atoms. The summed E-state index contributed by atoms with van der Waals surface area (Å²) in [5.41, 5.74) is 1.89. The van der Waals surface area contributed by atoms with Crippen molar-refractivity contribution >= 4 is 15.7 Å². The van der Waals surface area contributed by atoms with Gasteiger partial charge in [-0.3, -0.25) is 4.72 Å². The van der Waals surface area contributed by atoms with E-state index in [-0.39, 0.29) is 17.4 Å². The highest BCUT2D eigenvalue weighted by Crippen LogP contribution is 2.35. The van der Waals surface area contributed by atoms with Gasteiger partial charge in [-0.2, -0.15) is 0 Å². The summed E-state index contributed by atoms with van der Waals surface area (Å²) in [6.07, 6.45) is 6.21. The quantitative estimate of drug-likeness (QED) is 0.760. The fraction of sp³-hybridized carbons (Fsp3) is 0.579. The maximum absolute atomic E-state index is 12.6. The Labute approximate surface area is 151 Å². The Morgan fingerprint density at radius 3 is 2.20 bits per heavy atom. The Morgan fingerprint density at radius 2 is 1.72 bits per heavy atom. The van der Waals surface area contributed by atoms with Crippen molar-refractivity contribution in [3.05, 3.63) is 29.8 Å². The van der Waals surface area contributed by atoms with Gasteiger partial charge in [-0.25, -0.2) is 8.42 Å². The molecule has 0 unspecified atom stereocenters. The van der Waals surface area contributed by atoms with Gasteiger partial charge in [0.25, 0.3) is 0 Å². The van der Waals surface area contributed by atoms with E-state index in [9.17, 15) is 8.42 Å². The van der Waals surface area contributed by atoms with E-state index in [1.807, 2.05) is 19.1 Å². The van der Waals surface area contributed by atoms with Crippen LogP contribution >= 0.6 is 0 Å². The summed E-state index contributed by atoms with van der Waals surface area (Å²) >= 11 is 0. The molecule has 140 valence electrons. The SMILES string of the molecule is C=C(NS(=O)(=O)CC1CCCCC1)c1c(OC)cc(CC)cc1OC. The molecule has 0 heterocycles. The topological polar surface area (TPSA) is 64.6 Å². The van der Waals surface area contributed by atoms with Gasteiger partial charge in [0.05, 0.1) is 31.2 Å². The number of rotatable bonds is 8. The number of aryl methyl sites for hydroxylation is 1. The number of hydrogen-bond donors (Lipinski definition) is 1. The van der Waals surface area contributed by atoms with Crippen molar-refractivity contribution in [3.8, 4) is 11.5 Å². The van der Waals surface area contributed by atoms with Crippen molar-refractivity contribution in [2.24, 2.45) is 5.92 Å². The Balaban J connectivity index is 2.21. The lowest BCUT2D eigenvalue weighted by Crippen LogP contribution is -2.29. The smallest absolute Gasteiger partial charge is 0.232 e. The molecule has 0 aromatic heterocycles. The van der Waals surface area contributed by atoms with Gasteiger partial charge in [-0.05, 0) is 42.9 Å². The van der Waals surface area contributed by atoms with Crippen LogP contribution in [0.1, 0.15) is 50.2 Å². The molecule has 0 radical (unpaired) electrons. The summed E-state index contributed by atoms with van der Waals surface area (Å²) in [6, 6.07) is 3.77. The molecule has 6 heteroatoms. The van der Waals surface area contributed by atoms with Crippen LogP contribution < -0.4 is 14.2 Å². The van der Waals surface area contributed by atoms with E-state index in [1.54, 1.807) is 14.2 Å². The molecule has 1 saturated carbocycles. The van der Waals surface area contributed by atoms with Gasteiger partial charge in [-0.1, -0.05) is 32.8 Å². The highest BCUT2D eigenvalue weighted by molar-refractivity contribution is 7.89. The molecule has 1 aromatic rings. The molecule has 0 saturated heterocycles. The van der Waals surface area contributed by atoms with E-state index < -0.39 is 10.0 Å². The van der Waals surface area contributed by atoms with Crippen LogP contribution in [0, 0.1) is 5.92 Å². The van der Waals surface area contributed by atoms with Crippen molar-refractivity contribution in [1.82, 2.24) is 4.72 Å². The second-order valence-corrected chi connectivity index (χ2v) is 8.36. The Bertz CT molecular complexity index is 681. The standard InChI is InChI=1S/C19H29NO4S/c1-5-15-11-17(23-3)19(18(12-15)24-4)14(2)20-25(21,22)13-16-9-7-6-8-10-16/h11-12,16,20H,2,5-10,13H2,1,3-4H3. The van der Waals surface area contributed by atoms with Crippen LogP contribution in [0.25, 0.3) is 5.70 Å². The largest absolute Gasteiger partial charge is 0.496 e. The van der Waals surface area contributed by atoms with Crippen LogP contribution in [-0.2, 0) is 16.4 Å². The summed E-state index contributed by atoms with van der Waals surface area (Å²) in [5.74, 6) is 1.48. The van der Waals surface area contributed by atoms with Crippen molar-refractivity contribution in [1.29, 1.82) is 0 Å². The third-order valence-corrected chi connectivity index (χ3v) is 6.20. The van der Waals surface area contributed by atoms with Crippen molar-refractivity contribution in [3.63, 3.8) is 0 Å². The predicted octanol–water partition coefficient (Wildman–Crippen LogP) is 3.74. The molecule has 1 N–H and O–H groups in total. The van der Waals surface area contributed by atoms with Crippen LogP contribution in [0.2, 0.25) is 0 Å². The minimum Gasteiger partial charge on any atom is -0.496 e. The molecule has 2 rings (SSSR count). The molecule has 5 nitrogen and oxygen atoms in total. The zero-order chi connectivity index (χ0) is 18.4. The average molecular weight is 368 g/mol. The van der Waals surface area contributed by atoms with Gasteiger partial charge in [0.1, 0.15) is 11.5 Å². The molecule has 0 aliphatic heterocycles. The lowest BCUT2D eigenvalue weighted by atomic mass is 9.91. The Morgan fingerprint density at radius 1 is 1.16 bits per heavy atom. The first-order chi connectivity index (χ1) is 11.9. The van der Waals surface area contributed by atoms with Gasteiger partial charge < -0.3 is 9.47 Å². The number of nitrogens with one attached hydrogen (secondary N) is 1. The second kappa shape index (κ2) is 8.61. The van der Waals surface area contributed by atoms with E-state index in [0.29, 0.717) is 17.1 Å². The molecule has 1 aliphatic carbocycles. The number of hydrogen-bond acceptors (Lipinski definition) is 4. The predicted molar refractivity (Wildman–Crippen MR) is 101 cm³/mol. The number of sulfonamides is 1. The fourth-order valence-corrected chi connectivity index (χ4v) is 4.93. The lowest BCUT2D eigenvalue weighted by molar-refractivity contribution is 0.384. The van der Waals surface area contributed by atoms with E-state index in [4.69, 9.17) is 9.47 Å². The molecule has 1 aromatic carbocycles. The number of benzene rings is 1. The summed E-state index contributed by atoms with van der Waals surface area (Å²) < 4.78 is 38.6. The van der Waals surface area contributed by atoms with Crippen LogP contribution in [0.5, 0.6) is 11.5 Å². The molecule has 1 aliphatic rings. The fourth-order valence-electron chi connectivity index (χ4n) is 3.41. The summed E-state index contributed by atoms with van der Waals surface area (Å²) in [6.45, 7) is 5.96. The van der Waals surface area contributed by atoms with Crippen LogP contribution in [0.4, 0.5) is 0 Å². The van der Waals surface area contributed by atoms with Crippen LogP contribution in [0.15, 0.2) is 18.7 Å². The highest BCUT2D eigenvalue weighted by atomic mass is 32.2. The normalized spacial score (nSPS) is 15.6. The molecule has 1 fully saturated rings. The number of ether oxygens (including phenoxy) is 2. The third-order valence-electron chi connectivity index (χ3n) is 4.73. The van der Waals surface area contributed by atoms with E-state index in [1.165, 1.54) is 6.42 Å². The maximum Gasteiger partial charge on any atom is 0.232 e. The van der Waals surface area contributed by atoms with Gasteiger partial charge >= 0.3 is 0 Å². The molecule has 25 heavy (non-hydrogen) atoms. The second-order valence-electron chi connectivity index (χ2n) is 6.59. The third kappa shape index (κ3) is 5.14. The van der Waals surface area contributed by atoms with Gasteiger partial charge in [-0.15, -0.1) is 0 Å². The first-order valence-electron chi connectivity index (χ1n) is 8.84. The molecule has 0 atom stereocenters. The van der Waals surface area contributed by atoms with E-state index >= 15 is 0 Å². The Kier molecular flexibility index (Phi) is 6.76. The summed E-state index contributed by atoms with van der Waals surface area (Å²) in [7, 11) is -0.341. The van der Waals surface area contributed by atoms with Crippen molar-refractivity contribution in [2.75, 3.05) is 20.0 Å². The van der Waals surface area contributed by atoms with Crippen molar-refractivity contribution < 1.29 is 17.9 Å². The molecular formula is C19H29NO4S. The molecular weight excluding hydrogens is 338 g/mol.